The molecule has 0 heterocycles. The van der Waals surface area contributed by atoms with Gasteiger partial charge in [0, 0.05) is 0 Å². The van der Waals surface area contributed by atoms with Crippen molar-refractivity contribution in [3.8, 4) is 0 Å². The lowest BCUT2D eigenvalue weighted by Gasteiger charge is -2.23. The monoisotopic (exact) mass is 233 g/mol. The van der Waals surface area contributed by atoms with Crippen LogP contribution in [0.3, 0.4) is 0 Å². The van der Waals surface area contributed by atoms with E-state index in [4.69, 9.17) is 14.9 Å². The number of ether oxygens (including phenoxy) is 1. The van der Waals surface area contributed by atoms with Gasteiger partial charge in [-0.15, -0.1) is 0 Å². The van der Waals surface area contributed by atoms with E-state index >= 15 is 0 Å². The maximum Gasteiger partial charge on any atom is 0.407 e. The zero-order valence-corrected chi connectivity index (χ0v) is 10.5. The highest BCUT2D eigenvalue weighted by atomic mass is 16.6. The number of amides is 1. The Labute approximate surface area is 96.8 Å². The second kappa shape index (κ2) is 6.70. The van der Waals surface area contributed by atoms with Crippen molar-refractivity contribution in [2.24, 2.45) is 0 Å². The van der Waals surface area contributed by atoms with Crippen molar-refractivity contribution in [2.75, 3.05) is 6.61 Å². The summed E-state index contributed by atoms with van der Waals surface area (Å²) in [5.41, 5.74) is -0.547. The van der Waals surface area contributed by atoms with Gasteiger partial charge in [0.15, 0.2) is 0 Å². The van der Waals surface area contributed by atoms with Crippen molar-refractivity contribution in [3.63, 3.8) is 0 Å². The number of alkyl carbamates (subject to hydrolysis) is 1. The van der Waals surface area contributed by atoms with Crippen LogP contribution in [0.25, 0.3) is 0 Å². The summed E-state index contributed by atoms with van der Waals surface area (Å²) in [6, 6.07) is -0.371. The third kappa shape index (κ3) is 8.49. The molecule has 0 bridgehead atoms. The van der Waals surface area contributed by atoms with Crippen LogP contribution < -0.4 is 5.32 Å². The summed E-state index contributed by atoms with van der Waals surface area (Å²) in [6.07, 6.45) is 0.0701. The normalized spacial score (nSPS) is 15.4. The summed E-state index contributed by atoms with van der Waals surface area (Å²) in [6.45, 7) is 6.83. The van der Waals surface area contributed by atoms with Gasteiger partial charge in [-0.25, -0.2) is 4.79 Å². The number of aliphatic hydroxyl groups excluding tert-OH is 2. The molecule has 0 rings (SSSR count). The number of hydrogen-bond donors (Lipinski definition) is 3. The molecule has 96 valence electrons. The number of aliphatic hydroxyl groups is 2. The zero-order chi connectivity index (χ0) is 12.8. The Morgan fingerprint density at radius 3 is 2.31 bits per heavy atom. The van der Waals surface area contributed by atoms with Gasteiger partial charge in [-0.2, -0.15) is 0 Å². The molecule has 0 saturated heterocycles. The predicted octanol–water partition coefficient (Wildman–Crippen LogP) is 1.03. The Hall–Kier alpha value is -0.810. The van der Waals surface area contributed by atoms with Crippen LogP contribution in [0.1, 0.15) is 40.5 Å². The van der Waals surface area contributed by atoms with E-state index < -0.39 is 17.8 Å². The van der Waals surface area contributed by atoms with E-state index in [9.17, 15) is 4.79 Å². The molecule has 5 nitrogen and oxygen atoms in total. The summed E-state index contributed by atoms with van der Waals surface area (Å²) >= 11 is 0. The van der Waals surface area contributed by atoms with Gasteiger partial charge in [-0.3, -0.25) is 0 Å². The van der Waals surface area contributed by atoms with E-state index in [-0.39, 0.29) is 12.6 Å². The SMILES string of the molecule is C[C@@H](O)CC[C@@H](CO)NC(=O)OC(C)(C)C. The first kappa shape index (κ1) is 15.2. The maximum absolute atomic E-state index is 11.4. The van der Waals surface area contributed by atoms with Crippen LogP contribution in [-0.2, 0) is 4.74 Å². The largest absolute Gasteiger partial charge is 0.444 e. The van der Waals surface area contributed by atoms with Gasteiger partial charge in [0.25, 0.3) is 0 Å². The number of rotatable bonds is 5. The fourth-order valence-electron chi connectivity index (χ4n) is 1.13. The quantitative estimate of drug-likeness (QED) is 0.662. The molecule has 0 aliphatic rings. The summed E-state index contributed by atoms with van der Waals surface area (Å²) in [5, 5.41) is 20.7. The number of carbonyl (C=O) groups is 1. The molecule has 3 N–H and O–H groups in total. The molecule has 5 heteroatoms. The summed E-state index contributed by atoms with van der Waals surface area (Å²) in [7, 11) is 0. The van der Waals surface area contributed by atoms with E-state index in [2.05, 4.69) is 5.32 Å². The zero-order valence-electron chi connectivity index (χ0n) is 10.5. The fraction of sp³-hybridized carbons (Fsp3) is 0.909. The van der Waals surface area contributed by atoms with Crippen LogP contribution in [0.2, 0.25) is 0 Å². The van der Waals surface area contributed by atoms with E-state index in [0.29, 0.717) is 12.8 Å². The summed E-state index contributed by atoms with van der Waals surface area (Å²) < 4.78 is 5.05. The minimum Gasteiger partial charge on any atom is -0.444 e. The molecular weight excluding hydrogens is 210 g/mol. The molecule has 0 radical (unpaired) electrons. The lowest BCUT2D eigenvalue weighted by atomic mass is 10.1. The Kier molecular flexibility index (Phi) is 6.36. The fourth-order valence-corrected chi connectivity index (χ4v) is 1.13. The lowest BCUT2D eigenvalue weighted by molar-refractivity contribution is 0.0471. The molecule has 0 unspecified atom stereocenters. The third-order valence-electron chi connectivity index (χ3n) is 1.87. The average Bonchev–Trinajstić information content (AvgIpc) is 2.08. The van der Waals surface area contributed by atoms with Crippen molar-refractivity contribution in [1.82, 2.24) is 5.32 Å². The van der Waals surface area contributed by atoms with Gasteiger partial charge in [0.2, 0.25) is 0 Å². The molecule has 0 fully saturated rings. The van der Waals surface area contributed by atoms with Gasteiger partial charge >= 0.3 is 6.09 Å². The molecule has 16 heavy (non-hydrogen) atoms. The first-order chi connectivity index (χ1) is 7.24. The van der Waals surface area contributed by atoms with E-state index in [1.165, 1.54) is 0 Å². The summed E-state index contributed by atoms with van der Waals surface area (Å²) in [4.78, 5) is 11.4. The van der Waals surface area contributed by atoms with Gasteiger partial charge in [-0.1, -0.05) is 0 Å². The first-order valence-electron chi connectivity index (χ1n) is 5.53. The van der Waals surface area contributed by atoms with Crippen LogP contribution in [0.4, 0.5) is 4.79 Å². The van der Waals surface area contributed by atoms with Crippen molar-refractivity contribution in [1.29, 1.82) is 0 Å². The topological polar surface area (TPSA) is 78.8 Å². The van der Waals surface area contributed by atoms with Gasteiger partial charge in [0.05, 0.1) is 18.8 Å². The van der Waals surface area contributed by atoms with Crippen LogP contribution in [0.5, 0.6) is 0 Å². The third-order valence-corrected chi connectivity index (χ3v) is 1.87. The van der Waals surface area contributed by atoms with Gasteiger partial charge in [-0.05, 0) is 40.5 Å². The molecule has 0 aliphatic carbocycles. The van der Waals surface area contributed by atoms with E-state index in [1.807, 2.05) is 0 Å². The Morgan fingerprint density at radius 2 is 1.94 bits per heavy atom. The van der Waals surface area contributed by atoms with Crippen molar-refractivity contribution in [2.45, 2.75) is 58.3 Å². The van der Waals surface area contributed by atoms with Gasteiger partial charge < -0.3 is 20.3 Å². The van der Waals surface area contributed by atoms with Crippen LogP contribution in [0.15, 0.2) is 0 Å². The highest BCUT2D eigenvalue weighted by Crippen LogP contribution is 2.08. The highest BCUT2D eigenvalue weighted by Gasteiger charge is 2.19. The van der Waals surface area contributed by atoms with E-state index in [1.54, 1.807) is 27.7 Å². The van der Waals surface area contributed by atoms with Crippen molar-refractivity contribution < 1.29 is 19.7 Å². The molecule has 0 aromatic carbocycles. The van der Waals surface area contributed by atoms with Crippen molar-refractivity contribution in [3.05, 3.63) is 0 Å². The molecule has 0 aromatic rings. The standard InChI is InChI=1S/C11H23NO4/c1-8(14)5-6-9(7-13)12-10(15)16-11(2,3)4/h8-9,13-14H,5-7H2,1-4H3,(H,12,15)/t8-,9+/m1/s1. The molecule has 0 saturated carbocycles. The number of nitrogens with one attached hydrogen (secondary N) is 1. The Balaban J connectivity index is 3.97. The molecule has 0 aliphatic heterocycles. The van der Waals surface area contributed by atoms with Crippen LogP contribution in [0, 0.1) is 0 Å². The molecule has 1 amide bonds. The minimum absolute atomic E-state index is 0.161. The molecule has 0 aromatic heterocycles. The average molecular weight is 233 g/mol. The Bertz CT molecular complexity index is 211. The van der Waals surface area contributed by atoms with Gasteiger partial charge in [0.1, 0.15) is 5.60 Å². The minimum atomic E-state index is -0.547. The van der Waals surface area contributed by atoms with Crippen LogP contribution >= 0.6 is 0 Å². The van der Waals surface area contributed by atoms with Crippen molar-refractivity contribution >= 4 is 6.09 Å². The molecule has 0 spiro atoms. The summed E-state index contributed by atoms with van der Waals surface area (Å²) in [5.74, 6) is 0. The molecule has 2 atom stereocenters. The highest BCUT2D eigenvalue weighted by molar-refractivity contribution is 5.68. The maximum atomic E-state index is 11.4. The van der Waals surface area contributed by atoms with Crippen LogP contribution in [-0.4, -0.2) is 40.7 Å². The number of hydrogen-bond acceptors (Lipinski definition) is 4. The lowest BCUT2D eigenvalue weighted by Crippen LogP contribution is -2.41. The smallest absolute Gasteiger partial charge is 0.407 e. The number of carbonyl (C=O) groups excluding carboxylic acids is 1. The molecular formula is C11H23NO4. The predicted molar refractivity (Wildman–Crippen MR) is 61.2 cm³/mol. The second-order valence-corrected chi connectivity index (χ2v) is 4.95. The second-order valence-electron chi connectivity index (χ2n) is 4.95. The Morgan fingerprint density at radius 1 is 1.38 bits per heavy atom. The van der Waals surface area contributed by atoms with E-state index in [0.717, 1.165) is 0 Å². The first-order valence-corrected chi connectivity index (χ1v) is 5.53.